The molecule has 2 aliphatic heterocycles. The topological polar surface area (TPSA) is 105 Å². The SMILES string of the molecule is C=C1CC23C(CC[C@@H]1[C@H]2OC(=O)/C=C/c1ccc(OC)cc1)C12CO[C@@]3(O)[C@@H](O)[C@@H]1C(C)(C)CCC2O. The van der Waals surface area contributed by atoms with Gasteiger partial charge in [0.1, 0.15) is 18.0 Å². The molecule has 2 heterocycles. The molecule has 0 radical (unpaired) electrons. The number of ether oxygens (including phenoxy) is 3. The molecular formula is C30H38O7. The zero-order chi connectivity index (χ0) is 26.4. The van der Waals surface area contributed by atoms with E-state index in [4.69, 9.17) is 14.2 Å². The maximum Gasteiger partial charge on any atom is 0.331 e. The van der Waals surface area contributed by atoms with Crippen LogP contribution in [0.1, 0.15) is 51.5 Å². The highest BCUT2D eigenvalue weighted by molar-refractivity contribution is 5.87. The second-order valence-electron chi connectivity index (χ2n) is 12.6. The molecule has 4 unspecified atom stereocenters. The Balaban J connectivity index is 1.37. The van der Waals surface area contributed by atoms with Crippen molar-refractivity contribution in [2.24, 2.45) is 34.0 Å². The zero-order valence-electron chi connectivity index (χ0n) is 21.9. The van der Waals surface area contributed by atoms with E-state index in [9.17, 15) is 20.1 Å². The third-order valence-electron chi connectivity index (χ3n) is 10.8. The molecule has 37 heavy (non-hydrogen) atoms. The van der Waals surface area contributed by atoms with Gasteiger partial charge in [-0.2, -0.15) is 0 Å². The molecule has 2 saturated heterocycles. The van der Waals surface area contributed by atoms with Crippen LogP contribution in [0.2, 0.25) is 0 Å². The van der Waals surface area contributed by atoms with Crippen LogP contribution in [0.5, 0.6) is 5.75 Å². The first-order valence-electron chi connectivity index (χ1n) is 13.4. The lowest BCUT2D eigenvalue weighted by molar-refractivity contribution is -0.468. The number of carbonyl (C=O) groups excluding carboxylic acids is 1. The number of rotatable bonds is 4. The van der Waals surface area contributed by atoms with Gasteiger partial charge in [-0.15, -0.1) is 0 Å². The van der Waals surface area contributed by atoms with E-state index in [1.165, 1.54) is 6.08 Å². The molecule has 1 aromatic carbocycles. The largest absolute Gasteiger partial charge is 0.497 e. The Kier molecular flexibility index (Phi) is 5.53. The Labute approximate surface area is 218 Å². The fourth-order valence-corrected chi connectivity index (χ4v) is 9.30. The maximum atomic E-state index is 13.1. The van der Waals surface area contributed by atoms with Gasteiger partial charge in [0.2, 0.25) is 5.79 Å². The molecule has 0 aromatic heterocycles. The van der Waals surface area contributed by atoms with Gasteiger partial charge in [-0.3, -0.25) is 0 Å². The summed E-state index contributed by atoms with van der Waals surface area (Å²) in [7, 11) is 1.60. The average Bonchev–Trinajstić information content (AvgIpc) is 3.02. The van der Waals surface area contributed by atoms with Crippen molar-refractivity contribution in [2.45, 2.75) is 70.1 Å². The van der Waals surface area contributed by atoms with Crippen molar-refractivity contribution in [2.75, 3.05) is 13.7 Å². The molecule has 4 aliphatic carbocycles. The number of methoxy groups -OCH3 is 1. The van der Waals surface area contributed by atoms with Crippen LogP contribution in [-0.2, 0) is 14.3 Å². The Morgan fingerprint density at radius 2 is 1.89 bits per heavy atom. The molecular weight excluding hydrogens is 472 g/mol. The minimum atomic E-state index is -1.89. The van der Waals surface area contributed by atoms with Crippen LogP contribution >= 0.6 is 0 Å². The maximum absolute atomic E-state index is 13.1. The first-order valence-corrected chi connectivity index (χ1v) is 13.4. The third-order valence-corrected chi connectivity index (χ3v) is 10.8. The van der Waals surface area contributed by atoms with Crippen LogP contribution in [0.15, 0.2) is 42.5 Å². The van der Waals surface area contributed by atoms with Crippen molar-refractivity contribution in [1.82, 2.24) is 0 Å². The molecule has 0 amide bonds. The van der Waals surface area contributed by atoms with E-state index in [1.54, 1.807) is 13.2 Å². The van der Waals surface area contributed by atoms with Crippen LogP contribution in [-0.4, -0.2) is 59.1 Å². The van der Waals surface area contributed by atoms with Crippen LogP contribution in [0.25, 0.3) is 6.08 Å². The normalized spacial score (nSPS) is 45.4. The van der Waals surface area contributed by atoms with Gasteiger partial charge in [-0.1, -0.05) is 38.1 Å². The van der Waals surface area contributed by atoms with E-state index >= 15 is 0 Å². The summed E-state index contributed by atoms with van der Waals surface area (Å²) in [6, 6.07) is 7.34. The Morgan fingerprint density at radius 3 is 2.59 bits per heavy atom. The van der Waals surface area contributed by atoms with Crippen molar-refractivity contribution in [3.8, 4) is 5.75 Å². The smallest absolute Gasteiger partial charge is 0.331 e. The van der Waals surface area contributed by atoms with Gasteiger partial charge in [-0.25, -0.2) is 4.79 Å². The van der Waals surface area contributed by atoms with E-state index in [0.717, 1.165) is 36.1 Å². The second-order valence-corrected chi connectivity index (χ2v) is 12.6. The highest BCUT2D eigenvalue weighted by Crippen LogP contribution is 2.77. The first kappa shape index (κ1) is 25.1. The molecule has 4 bridgehead atoms. The van der Waals surface area contributed by atoms with Crippen molar-refractivity contribution < 1.29 is 34.3 Å². The summed E-state index contributed by atoms with van der Waals surface area (Å²) in [6.45, 7) is 8.73. The summed E-state index contributed by atoms with van der Waals surface area (Å²) < 4.78 is 17.5. The highest BCUT2D eigenvalue weighted by atomic mass is 16.6. The molecule has 2 spiro atoms. The molecule has 1 aromatic rings. The van der Waals surface area contributed by atoms with Crippen molar-refractivity contribution in [3.63, 3.8) is 0 Å². The number of benzene rings is 1. The van der Waals surface area contributed by atoms with Crippen LogP contribution in [0.3, 0.4) is 0 Å². The van der Waals surface area contributed by atoms with Gasteiger partial charge in [0.25, 0.3) is 0 Å². The number of carbonyl (C=O) groups is 1. The summed E-state index contributed by atoms with van der Waals surface area (Å²) in [5.74, 6) is -2.29. The number of fused-ring (bicyclic) bond motifs is 2. The summed E-state index contributed by atoms with van der Waals surface area (Å²) >= 11 is 0. The second kappa shape index (κ2) is 8.15. The highest BCUT2D eigenvalue weighted by Gasteiger charge is 2.84. The predicted octanol–water partition coefficient (Wildman–Crippen LogP) is 3.47. The molecule has 200 valence electrons. The van der Waals surface area contributed by atoms with E-state index < -0.39 is 40.9 Å². The van der Waals surface area contributed by atoms with E-state index in [2.05, 4.69) is 20.4 Å². The molecule has 9 atom stereocenters. The van der Waals surface area contributed by atoms with Crippen LogP contribution < -0.4 is 4.74 Å². The standard InChI is InChI=1S/C30H38O7/c1-17-15-29-21(28-16-36-30(29,34)25(33)24(28)27(2,3)14-13-22(28)31)11-10-20(17)26(29)37-23(32)12-7-18-5-8-19(35-4)9-6-18/h5-9,12,20-22,24-26,31,33-34H,1,10-11,13-16H2,2-4H3/b12-7+/t20-,21?,22?,24+,25-,26+,28?,29?,30-/m0/s1. The van der Waals surface area contributed by atoms with Gasteiger partial charge in [0, 0.05) is 23.3 Å². The minimum Gasteiger partial charge on any atom is -0.497 e. The Hall–Kier alpha value is -2.19. The number of aliphatic hydroxyl groups is 3. The molecule has 6 aliphatic rings. The molecule has 7 nitrogen and oxygen atoms in total. The zero-order valence-corrected chi connectivity index (χ0v) is 21.9. The molecule has 4 saturated carbocycles. The predicted molar refractivity (Wildman–Crippen MR) is 136 cm³/mol. The van der Waals surface area contributed by atoms with Gasteiger partial charge >= 0.3 is 5.97 Å². The molecule has 7 rings (SSSR count). The van der Waals surface area contributed by atoms with Crippen molar-refractivity contribution in [1.29, 1.82) is 0 Å². The number of hydrogen-bond donors (Lipinski definition) is 3. The van der Waals surface area contributed by atoms with E-state index in [0.29, 0.717) is 12.8 Å². The summed E-state index contributed by atoms with van der Waals surface area (Å²) in [4.78, 5) is 13.1. The molecule has 7 heteroatoms. The fourth-order valence-electron chi connectivity index (χ4n) is 9.30. The number of esters is 1. The lowest BCUT2D eigenvalue weighted by atomic mass is 9.36. The lowest BCUT2D eigenvalue weighted by Crippen LogP contribution is -2.84. The Morgan fingerprint density at radius 1 is 1.16 bits per heavy atom. The minimum absolute atomic E-state index is 0.127. The van der Waals surface area contributed by atoms with Crippen LogP contribution in [0, 0.1) is 34.0 Å². The fraction of sp³-hybridized carbons (Fsp3) is 0.633. The summed E-state index contributed by atoms with van der Waals surface area (Å²) in [6.07, 6.45) is 3.83. The van der Waals surface area contributed by atoms with Gasteiger partial charge in [0.05, 0.1) is 25.2 Å². The quantitative estimate of drug-likeness (QED) is 0.324. The Bertz CT molecular complexity index is 1140. The first-order chi connectivity index (χ1) is 17.5. The summed E-state index contributed by atoms with van der Waals surface area (Å²) in [5.41, 5.74) is -0.316. The summed E-state index contributed by atoms with van der Waals surface area (Å²) in [5, 5.41) is 35.6. The van der Waals surface area contributed by atoms with Gasteiger partial charge in [0.15, 0.2) is 0 Å². The van der Waals surface area contributed by atoms with E-state index in [1.807, 2.05) is 24.3 Å². The molecule has 3 N–H and O–H groups in total. The third kappa shape index (κ3) is 3.11. The van der Waals surface area contributed by atoms with Gasteiger partial charge < -0.3 is 29.5 Å². The monoisotopic (exact) mass is 510 g/mol. The number of aliphatic hydroxyl groups excluding tert-OH is 2. The average molecular weight is 511 g/mol. The molecule has 6 fully saturated rings. The van der Waals surface area contributed by atoms with Crippen molar-refractivity contribution >= 4 is 12.0 Å². The van der Waals surface area contributed by atoms with Gasteiger partial charge in [-0.05, 0) is 67.2 Å². The van der Waals surface area contributed by atoms with E-state index in [-0.39, 0.29) is 29.8 Å². The van der Waals surface area contributed by atoms with Crippen LogP contribution in [0.4, 0.5) is 0 Å². The van der Waals surface area contributed by atoms with Crippen molar-refractivity contribution in [3.05, 3.63) is 48.1 Å². The number of hydrogen-bond acceptors (Lipinski definition) is 7. The lowest BCUT2D eigenvalue weighted by Gasteiger charge is -2.75.